The van der Waals surface area contributed by atoms with Gasteiger partial charge in [0.15, 0.2) is 0 Å². The maximum atomic E-state index is 13.0. The summed E-state index contributed by atoms with van der Waals surface area (Å²) >= 11 is 0. The molecule has 34 heavy (non-hydrogen) atoms. The summed E-state index contributed by atoms with van der Waals surface area (Å²) < 4.78 is 5.30. The van der Waals surface area contributed by atoms with E-state index in [4.69, 9.17) is 4.74 Å². The van der Waals surface area contributed by atoms with Gasteiger partial charge in [0.2, 0.25) is 11.8 Å². The molecule has 7 nitrogen and oxygen atoms in total. The lowest BCUT2D eigenvalue weighted by Gasteiger charge is -2.34. The molecule has 1 saturated heterocycles. The minimum atomic E-state index is 0.0621. The Bertz CT molecular complexity index is 1110. The first-order chi connectivity index (χ1) is 16.6. The fraction of sp³-hybridized carbons (Fsp3) is 0.407. The van der Waals surface area contributed by atoms with Crippen LogP contribution in [-0.4, -0.2) is 73.0 Å². The molecule has 7 heteroatoms. The summed E-state index contributed by atoms with van der Waals surface area (Å²) in [6, 6.07) is 16.2. The number of benzene rings is 2. The number of aromatic amines is 1. The first-order valence-electron chi connectivity index (χ1n) is 12.1. The summed E-state index contributed by atoms with van der Waals surface area (Å²) in [6.45, 7) is 5.95. The number of methoxy groups -OCH3 is 1. The van der Waals surface area contributed by atoms with Crippen LogP contribution in [0, 0.1) is 0 Å². The summed E-state index contributed by atoms with van der Waals surface area (Å²) in [6.07, 6.45) is 2.07. The van der Waals surface area contributed by atoms with Gasteiger partial charge < -0.3 is 19.9 Å². The highest BCUT2D eigenvalue weighted by Crippen LogP contribution is 2.32. The van der Waals surface area contributed by atoms with Crippen molar-refractivity contribution in [3.63, 3.8) is 0 Å². The van der Waals surface area contributed by atoms with Crippen molar-refractivity contribution in [1.29, 1.82) is 0 Å². The number of aromatic nitrogens is 1. The van der Waals surface area contributed by atoms with E-state index in [1.807, 2.05) is 48.2 Å². The molecule has 0 saturated carbocycles. The number of nitrogens with one attached hydrogen (secondary N) is 2. The number of para-hydroxylation sites is 1. The first kappa shape index (κ1) is 23.8. The van der Waals surface area contributed by atoms with E-state index in [2.05, 4.69) is 27.3 Å². The molecular weight excluding hydrogens is 428 g/mol. The molecule has 0 bridgehead atoms. The zero-order valence-electron chi connectivity index (χ0n) is 20.1. The van der Waals surface area contributed by atoms with Crippen LogP contribution in [0.5, 0.6) is 5.75 Å². The number of nitrogens with zero attached hydrogens (tertiary/aromatic N) is 2. The number of aryl methyl sites for hydroxylation is 1. The van der Waals surface area contributed by atoms with Crippen LogP contribution in [0.4, 0.5) is 0 Å². The normalized spacial score (nSPS) is 14.4. The number of H-pyrrole nitrogens is 1. The number of carbonyl (C=O) groups excluding carboxylic acids is 2. The molecule has 1 aliphatic heterocycles. The van der Waals surface area contributed by atoms with Crippen molar-refractivity contribution in [2.45, 2.75) is 26.2 Å². The highest BCUT2D eigenvalue weighted by molar-refractivity contribution is 5.91. The monoisotopic (exact) mass is 462 g/mol. The van der Waals surface area contributed by atoms with Crippen molar-refractivity contribution in [3.05, 3.63) is 54.1 Å². The van der Waals surface area contributed by atoms with Crippen LogP contribution in [0.15, 0.2) is 48.5 Å². The molecule has 0 radical (unpaired) electrons. The Morgan fingerprint density at radius 2 is 1.76 bits per heavy atom. The van der Waals surface area contributed by atoms with E-state index in [0.717, 1.165) is 47.4 Å². The molecule has 2 amide bonds. The summed E-state index contributed by atoms with van der Waals surface area (Å²) in [5.74, 6) is 1.05. The molecule has 4 rings (SSSR count). The average molecular weight is 463 g/mol. The lowest BCUT2D eigenvalue weighted by molar-refractivity contribution is -0.133. The quantitative estimate of drug-likeness (QED) is 0.511. The Balaban J connectivity index is 1.39. The van der Waals surface area contributed by atoms with Gasteiger partial charge in [0, 0.05) is 55.7 Å². The Hall–Kier alpha value is -3.32. The van der Waals surface area contributed by atoms with Crippen LogP contribution in [0.3, 0.4) is 0 Å². The van der Waals surface area contributed by atoms with Crippen molar-refractivity contribution < 1.29 is 14.3 Å². The molecule has 0 aliphatic carbocycles. The number of rotatable bonds is 9. The lowest BCUT2D eigenvalue weighted by atomic mass is 10.0. The molecule has 1 aliphatic rings. The molecular formula is C27H34N4O3. The number of amides is 2. The highest BCUT2D eigenvalue weighted by atomic mass is 16.5. The molecule has 3 aromatic rings. The van der Waals surface area contributed by atoms with E-state index in [-0.39, 0.29) is 11.8 Å². The fourth-order valence-corrected chi connectivity index (χ4v) is 4.53. The van der Waals surface area contributed by atoms with Crippen LogP contribution in [0.1, 0.15) is 25.3 Å². The number of hydrogen-bond donors (Lipinski definition) is 2. The number of piperazine rings is 1. The zero-order chi connectivity index (χ0) is 23.9. The third-order valence-corrected chi connectivity index (χ3v) is 6.45. The third kappa shape index (κ3) is 5.59. The lowest BCUT2D eigenvalue weighted by Crippen LogP contribution is -2.51. The SMILES string of the molecule is CCCNC(=O)CN1CCN(C(=O)CCc2c(-c3ccc(OC)cc3)[nH]c3ccccc23)CC1. The second-order valence-corrected chi connectivity index (χ2v) is 8.76. The Morgan fingerprint density at radius 3 is 2.47 bits per heavy atom. The predicted molar refractivity (Wildman–Crippen MR) is 135 cm³/mol. The summed E-state index contributed by atoms with van der Waals surface area (Å²) in [4.78, 5) is 32.6. The van der Waals surface area contributed by atoms with Gasteiger partial charge in [0.1, 0.15) is 5.75 Å². The molecule has 180 valence electrons. The zero-order valence-corrected chi connectivity index (χ0v) is 20.1. The third-order valence-electron chi connectivity index (χ3n) is 6.45. The van der Waals surface area contributed by atoms with Crippen LogP contribution < -0.4 is 10.1 Å². The van der Waals surface area contributed by atoms with Gasteiger partial charge in [-0.05, 0) is 54.3 Å². The largest absolute Gasteiger partial charge is 0.497 e. The van der Waals surface area contributed by atoms with Crippen LogP contribution in [0.25, 0.3) is 22.2 Å². The fourth-order valence-electron chi connectivity index (χ4n) is 4.53. The molecule has 0 atom stereocenters. The molecule has 1 fully saturated rings. The number of ether oxygens (including phenoxy) is 1. The number of carbonyl (C=O) groups is 2. The van der Waals surface area contributed by atoms with Crippen molar-refractivity contribution in [2.24, 2.45) is 0 Å². The van der Waals surface area contributed by atoms with Crippen molar-refractivity contribution in [2.75, 3.05) is 46.4 Å². The molecule has 2 N–H and O–H groups in total. The minimum absolute atomic E-state index is 0.0621. The van der Waals surface area contributed by atoms with E-state index in [9.17, 15) is 9.59 Å². The summed E-state index contributed by atoms with van der Waals surface area (Å²) in [5.41, 5.74) is 4.38. The van der Waals surface area contributed by atoms with E-state index in [0.29, 0.717) is 39.0 Å². The van der Waals surface area contributed by atoms with Crippen molar-refractivity contribution >= 4 is 22.7 Å². The van der Waals surface area contributed by atoms with E-state index < -0.39 is 0 Å². The van der Waals surface area contributed by atoms with Crippen molar-refractivity contribution in [3.8, 4) is 17.0 Å². The van der Waals surface area contributed by atoms with Crippen LogP contribution in [0.2, 0.25) is 0 Å². The molecule has 0 spiro atoms. The maximum absolute atomic E-state index is 13.0. The van der Waals surface area contributed by atoms with Gasteiger partial charge in [-0.25, -0.2) is 0 Å². The maximum Gasteiger partial charge on any atom is 0.234 e. The number of hydrogen-bond acceptors (Lipinski definition) is 4. The second kappa shape index (κ2) is 11.2. The Kier molecular flexibility index (Phi) is 7.85. The van der Waals surface area contributed by atoms with E-state index in [1.54, 1.807) is 7.11 Å². The van der Waals surface area contributed by atoms with Gasteiger partial charge in [0.25, 0.3) is 0 Å². The van der Waals surface area contributed by atoms with E-state index in [1.165, 1.54) is 5.56 Å². The second-order valence-electron chi connectivity index (χ2n) is 8.76. The summed E-state index contributed by atoms with van der Waals surface area (Å²) in [7, 11) is 1.66. The highest BCUT2D eigenvalue weighted by Gasteiger charge is 2.23. The van der Waals surface area contributed by atoms with Gasteiger partial charge in [-0.2, -0.15) is 0 Å². The molecule has 1 aromatic heterocycles. The van der Waals surface area contributed by atoms with E-state index >= 15 is 0 Å². The minimum Gasteiger partial charge on any atom is -0.497 e. The molecule has 2 heterocycles. The first-order valence-corrected chi connectivity index (χ1v) is 12.1. The Labute approximate surface area is 201 Å². The number of fused-ring (bicyclic) bond motifs is 1. The summed E-state index contributed by atoms with van der Waals surface area (Å²) in [5, 5.41) is 4.07. The predicted octanol–water partition coefficient (Wildman–Crippen LogP) is 3.45. The standard InChI is InChI=1S/C27H34N4O3/c1-3-14-28-25(32)19-30-15-17-31(18-16-30)26(33)13-12-23-22-6-4-5-7-24(22)29-27(23)20-8-10-21(34-2)11-9-20/h4-11,29H,3,12-19H2,1-2H3,(H,28,32). The van der Waals surface area contributed by atoms with Gasteiger partial charge in [-0.1, -0.05) is 25.1 Å². The topological polar surface area (TPSA) is 77.7 Å². The van der Waals surface area contributed by atoms with Crippen LogP contribution >= 0.6 is 0 Å². The average Bonchev–Trinajstić information content (AvgIpc) is 3.25. The van der Waals surface area contributed by atoms with Gasteiger partial charge in [-0.15, -0.1) is 0 Å². The molecule has 2 aromatic carbocycles. The smallest absolute Gasteiger partial charge is 0.234 e. The van der Waals surface area contributed by atoms with Gasteiger partial charge >= 0.3 is 0 Å². The van der Waals surface area contributed by atoms with Crippen LogP contribution in [-0.2, 0) is 16.0 Å². The van der Waals surface area contributed by atoms with Gasteiger partial charge in [-0.3, -0.25) is 14.5 Å². The van der Waals surface area contributed by atoms with Crippen molar-refractivity contribution in [1.82, 2.24) is 20.1 Å². The molecule has 0 unspecified atom stereocenters. The Morgan fingerprint density at radius 1 is 1.03 bits per heavy atom. The van der Waals surface area contributed by atoms with Gasteiger partial charge in [0.05, 0.1) is 13.7 Å².